The molecule has 0 fully saturated rings. The van der Waals surface area contributed by atoms with Gasteiger partial charge < -0.3 is 5.73 Å². The predicted molar refractivity (Wildman–Crippen MR) is 73.0 cm³/mol. The molecule has 0 radical (unpaired) electrons. The van der Waals surface area contributed by atoms with Crippen molar-refractivity contribution in [1.82, 2.24) is 0 Å². The van der Waals surface area contributed by atoms with Crippen molar-refractivity contribution in [1.29, 1.82) is 5.26 Å². The van der Waals surface area contributed by atoms with Crippen molar-refractivity contribution in [3.05, 3.63) is 40.8 Å². The monoisotopic (exact) mass is 242 g/mol. The van der Waals surface area contributed by atoms with Crippen molar-refractivity contribution in [2.45, 2.75) is 19.8 Å². The summed E-state index contributed by atoms with van der Waals surface area (Å²) in [6, 6.07) is 10.5. The minimum absolute atomic E-state index is 0.520. The number of benzene rings is 1. The molecule has 2 N–H and O–H groups in total. The fourth-order valence-corrected chi connectivity index (χ4v) is 2.52. The summed E-state index contributed by atoms with van der Waals surface area (Å²) in [5.74, 6) is 0.520. The van der Waals surface area contributed by atoms with Gasteiger partial charge in [-0.1, -0.05) is 38.1 Å². The maximum absolute atomic E-state index is 9.07. The largest absolute Gasteiger partial charge is 0.389 e. The predicted octanol–water partition coefficient (Wildman–Crippen LogP) is 3.99. The van der Waals surface area contributed by atoms with Gasteiger partial charge in [0, 0.05) is 10.9 Å². The minimum atomic E-state index is 0.520. The molecule has 2 aromatic rings. The second-order valence-corrected chi connectivity index (χ2v) is 5.19. The summed E-state index contributed by atoms with van der Waals surface area (Å²) in [6.45, 7) is 4.33. The third kappa shape index (κ3) is 2.17. The summed E-state index contributed by atoms with van der Waals surface area (Å²) in [5.41, 5.74) is 9.64. The quantitative estimate of drug-likeness (QED) is 0.865. The Morgan fingerprint density at radius 3 is 2.41 bits per heavy atom. The molecule has 0 atom stereocenters. The first-order valence-electron chi connectivity index (χ1n) is 5.51. The summed E-state index contributed by atoms with van der Waals surface area (Å²) in [6.07, 6.45) is 0. The molecule has 0 saturated heterocycles. The van der Waals surface area contributed by atoms with Crippen LogP contribution in [0.4, 0.5) is 5.00 Å². The third-order valence-corrected chi connectivity index (χ3v) is 3.63. The average molecular weight is 242 g/mol. The second kappa shape index (κ2) is 4.60. The normalized spacial score (nSPS) is 10.5. The Morgan fingerprint density at radius 2 is 1.88 bits per heavy atom. The van der Waals surface area contributed by atoms with E-state index in [0.29, 0.717) is 16.5 Å². The van der Waals surface area contributed by atoms with Crippen LogP contribution in [0.25, 0.3) is 11.1 Å². The summed E-state index contributed by atoms with van der Waals surface area (Å²) in [5, 5.41) is 11.6. The number of nitrogens with two attached hydrogens (primary N) is 1. The van der Waals surface area contributed by atoms with E-state index in [1.807, 2.05) is 5.38 Å². The van der Waals surface area contributed by atoms with E-state index < -0.39 is 0 Å². The number of nitrogens with zero attached hydrogens (tertiary/aromatic N) is 1. The molecule has 2 rings (SSSR count). The molecule has 1 aromatic carbocycles. The average Bonchev–Trinajstić information content (AvgIpc) is 2.70. The molecule has 0 amide bonds. The zero-order valence-electron chi connectivity index (χ0n) is 9.90. The number of rotatable bonds is 2. The van der Waals surface area contributed by atoms with Gasteiger partial charge in [0.2, 0.25) is 0 Å². The van der Waals surface area contributed by atoms with Crippen LogP contribution in [0.2, 0.25) is 0 Å². The van der Waals surface area contributed by atoms with Crippen LogP contribution in [0.1, 0.15) is 30.9 Å². The van der Waals surface area contributed by atoms with Crippen LogP contribution in [0.5, 0.6) is 0 Å². The van der Waals surface area contributed by atoms with Crippen molar-refractivity contribution in [3.8, 4) is 17.2 Å². The fraction of sp³-hybridized carbons (Fsp3) is 0.214. The lowest BCUT2D eigenvalue weighted by molar-refractivity contribution is 0.867. The van der Waals surface area contributed by atoms with Crippen molar-refractivity contribution >= 4 is 16.3 Å². The standard InChI is InChI=1S/C14H14N2S/c1-9(2)10-3-5-11(6-4-10)13-8-17-14(16)12(13)7-15/h3-6,8-9H,16H2,1-2H3. The highest BCUT2D eigenvalue weighted by Gasteiger charge is 2.10. The Labute approximate surface area is 105 Å². The Hall–Kier alpha value is -1.79. The highest BCUT2D eigenvalue weighted by molar-refractivity contribution is 7.14. The number of nitriles is 1. The highest BCUT2D eigenvalue weighted by atomic mass is 32.1. The fourth-order valence-electron chi connectivity index (χ4n) is 1.75. The number of nitrogen functional groups attached to an aromatic ring is 1. The third-order valence-electron chi connectivity index (χ3n) is 2.82. The Bertz CT molecular complexity index is 559. The first-order chi connectivity index (χ1) is 8.13. The molecule has 2 nitrogen and oxygen atoms in total. The van der Waals surface area contributed by atoms with E-state index in [1.54, 1.807) is 0 Å². The van der Waals surface area contributed by atoms with Gasteiger partial charge in [-0.25, -0.2) is 0 Å². The first kappa shape index (κ1) is 11.7. The van der Waals surface area contributed by atoms with Crippen LogP contribution >= 0.6 is 11.3 Å². The lowest BCUT2D eigenvalue weighted by Gasteiger charge is -2.06. The van der Waals surface area contributed by atoms with Gasteiger partial charge in [0.1, 0.15) is 11.1 Å². The molecule has 3 heteroatoms. The molecule has 0 saturated carbocycles. The van der Waals surface area contributed by atoms with E-state index in [0.717, 1.165) is 11.1 Å². The van der Waals surface area contributed by atoms with Crippen molar-refractivity contribution in [3.63, 3.8) is 0 Å². The maximum atomic E-state index is 9.07. The van der Waals surface area contributed by atoms with E-state index >= 15 is 0 Å². The van der Waals surface area contributed by atoms with Gasteiger partial charge in [-0.05, 0) is 17.0 Å². The Morgan fingerprint density at radius 1 is 1.24 bits per heavy atom. The summed E-state index contributed by atoms with van der Waals surface area (Å²) in [7, 11) is 0. The van der Waals surface area contributed by atoms with Crippen molar-refractivity contribution < 1.29 is 0 Å². The Kier molecular flexibility index (Phi) is 3.16. The second-order valence-electron chi connectivity index (χ2n) is 4.28. The maximum Gasteiger partial charge on any atom is 0.104 e. The van der Waals surface area contributed by atoms with Crippen molar-refractivity contribution in [2.75, 3.05) is 5.73 Å². The highest BCUT2D eigenvalue weighted by Crippen LogP contribution is 2.33. The van der Waals surface area contributed by atoms with Gasteiger partial charge in [0.25, 0.3) is 0 Å². The van der Waals surface area contributed by atoms with Gasteiger partial charge >= 0.3 is 0 Å². The molecule has 0 aliphatic carbocycles. The van der Waals surface area contributed by atoms with Crippen LogP contribution < -0.4 is 5.73 Å². The van der Waals surface area contributed by atoms with E-state index in [4.69, 9.17) is 11.0 Å². The zero-order chi connectivity index (χ0) is 12.4. The van der Waals surface area contributed by atoms with Crippen LogP contribution in [0, 0.1) is 11.3 Å². The number of hydrogen-bond acceptors (Lipinski definition) is 3. The van der Waals surface area contributed by atoms with E-state index in [-0.39, 0.29) is 0 Å². The van der Waals surface area contributed by atoms with Crippen LogP contribution in [-0.4, -0.2) is 0 Å². The van der Waals surface area contributed by atoms with Gasteiger partial charge in [0.15, 0.2) is 0 Å². The topological polar surface area (TPSA) is 49.8 Å². The van der Waals surface area contributed by atoms with E-state index in [2.05, 4.69) is 44.2 Å². The van der Waals surface area contributed by atoms with Gasteiger partial charge in [-0.15, -0.1) is 11.3 Å². The molecule has 0 unspecified atom stereocenters. The number of anilines is 1. The molecular weight excluding hydrogens is 228 g/mol. The summed E-state index contributed by atoms with van der Waals surface area (Å²) >= 11 is 1.42. The molecular formula is C14H14N2S. The van der Waals surface area contributed by atoms with Crippen LogP contribution in [0.15, 0.2) is 29.6 Å². The van der Waals surface area contributed by atoms with E-state index in [9.17, 15) is 0 Å². The van der Waals surface area contributed by atoms with E-state index in [1.165, 1.54) is 16.9 Å². The molecule has 17 heavy (non-hydrogen) atoms. The minimum Gasteiger partial charge on any atom is -0.389 e. The van der Waals surface area contributed by atoms with Gasteiger partial charge in [-0.2, -0.15) is 5.26 Å². The molecule has 0 aliphatic heterocycles. The molecule has 0 spiro atoms. The molecule has 0 aliphatic rings. The van der Waals surface area contributed by atoms with Crippen LogP contribution in [-0.2, 0) is 0 Å². The SMILES string of the molecule is CC(C)c1ccc(-c2csc(N)c2C#N)cc1. The summed E-state index contributed by atoms with van der Waals surface area (Å²) < 4.78 is 0. The molecule has 1 heterocycles. The number of hydrogen-bond donors (Lipinski definition) is 1. The first-order valence-corrected chi connectivity index (χ1v) is 6.39. The van der Waals surface area contributed by atoms with Crippen molar-refractivity contribution in [2.24, 2.45) is 0 Å². The summed E-state index contributed by atoms with van der Waals surface area (Å²) in [4.78, 5) is 0. The molecule has 0 bridgehead atoms. The lowest BCUT2D eigenvalue weighted by atomic mass is 9.98. The molecule has 86 valence electrons. The van der Waals surface area contributed by atoms with Gasteiger partial charge in [0.05, 0.1) is 5.56 Å². The van der Waals surface area contributed by atoms with Gasteiger partial charge in [-0.3, -0.25) is 0 Å². The number of thiophene rings is 1. The smallest absolute Gasteiger partial charge is 0.104 e. The Balaban J connectivity index is 2.44. The van der Waals surface area contributed by atoms with Crippen LogP contribution in [0.3, 0.4) is 0 Å². The lowest BCUT2D eigenvalue weighted by Crippen LogP contribution is -1.88. The molecule has 1 aromatic heterocycles. The zero-order valence-corrected chi connectivity index (χ0v) is 10.7.